The summed E-state index contributed by atoms with van der Waals surface area (Å²) in [6, 6.07) is 0.535. The smallest absolute Gasteiger partial charge is 0.236 e. The summed E-state index contributed by atoms with van der Waals surface area (Å²) in [7, 11) is 3.64. The molecule has 1 aliphatic rings. The second-order valence-electron chi connectivity index (χ2n) is 6.90. The molecule has 0 radical (unpaired) electrons. The predicted molar refractivity (Wildman–Crippen MR) is 75.6 cm³/mol. The van der Waals surface area contributed by atoms with Gasteiger partial charge in [0.1, 0.15) is 0 Å². The number of amides is 1. The lowest BCUT2D eigenvalue weighted by molar-refractivity contribution is -0.130. The van der Waals surface area contributed by atoms with Gasteiger partial charge in [-0.2, -0.15) is 0 Å². The molecule has 1 rings (SSSR count). The molecular weight excluding hydrogens is 226 g/mol. The van der Waals surface area contributed by atoms with E-state index in [-0.39, 0.29) is 5.91 Å². The molecule has 0 N–H and O–H groups in total. The first-order valence-electron chi connectivity index (χ1n) is 6.85. The SMILES string of the molecule is C[C@H]1CN(CC(=O)N(C)C)CCN1CC(C)(C)C. The molecule has 4 nitrogen and oxygen atoms in total. The Bertz CT molecular complexity index is 283. The van der Waals surface area contributed by atoms with Gasteiger partial charge in [0.25, 0.3) is 0 Å². The topological polar surface area (TPSA) is 26.8 Å². The monoisotopic (exact) mass is 255 g/mol. The molecule has 0 aliphatic carbocycles. The Balaban J connectivity index is 2.43. The van der Waals surface area contributed by atoms with Gasteiger partial charge in [-0.3, -0.25) is 14.6 Å². The Labute approximate surface area is 112 Å². The minimum Gasteiger partial charge on any atom is -0.348 e. The van der Waals surface area contributed by atoms with E-state index in [0.717, 1.165) is 26.2 Å². The zero-order valence-electron chi connectivity index (χ0n) is 12.9. The van der Waals surface area contributed by atoms with Gasteiger partial charge < -0.3 is 4.90 Å². The van der Waals surface area contributed by atoms with Crippen LogP contribution in [0.1, 0.15) is 27.7 Å². The second kappa shape index (κ2) is 6.02. The van der Waals surface area contributed by atoms with Crippen LogP contribution in [0.15, 0.2) is 0 Å². The molecule has 0 aromatic rings. The van der Waals surface area contributed by atoms with E-state index in [1.165, 1.54) is 0 Å². The third-order valence-electron chi connectivity index (χ3n) is 3.38. The molecule has 0 unspecified atom stereocenters. The van der Waals surface area contributed by atoms with Crippen molar-refractivity contribution >= 4 is 5.91 Å². The number of carbonyl (C=O) groups is 1. The van der Waals surface area contributed by atoms with Crippen molar-refractivity contribution in [3.63, 3.8) is 0 Å². The van der Waals surface area contributed by atoms with Crippen LogP contribution in [-0.4, -0.2) is 73.5 Å². The van der Waals surface area contributed by atoms with Gasteiger partial charge in [-0.05, 0) is 12.3 Å². The van der Waals surface area contributed by atoms with Gasteiger partial charge in [0.15, 0.2) is 0 Å². The molecule has 0 spiro atoms. The van der Waals surface area contributed by atoms with Crippen molar-refractivity contribution in [1.29, 1.82) is 0 Å². The molecule has 1 amide bonds. The summed E-state index contributed by atoms with van der Waals surface area (Å²) in [5.41, 5.74) is 0.343. The van der Waals surface area contributed by atoms with Gasteiger partial charge in [0.2, 0.25) is 5.91 Å². The fraction of sp³-hybridized carbons (Fsp3) is 0.929. The molecule has 0 aromatic heterocycles. The van der Waals surface area contributed by atoms with Crippen molar-refractivity contribution in [2.45, 2.75) is 33.7 Å². The molecule has 0 saturated carbocycles. The van der Waals surface area contributed by atoms with Crippen molar-refractivity contribution in [2.24, 2.45) is 5.41 Å². The lowest BCUT2D eigenvalue weighted by Crippen LogP contribution is -2.55. The summed E-state index contributed by atoms with van der Waals surface area (Å²) < 4.78 is 0. The van der Waals surface area contributed by atoms with Crippen LogP contribution in [0, 0.1) is 5.41 Å². The predicted octanol–water partition coefficient (Wildman–Crippen LogP) is 1.13. The van der Waals surface area contributed by atoms with Gasteiger partial charge in [-0.1, -0.05) is 20.8 Å². The van der Waals surface area contributed by atoms with E-state index in [2.05, 4.69) is 37.5 Å². The van der Waals surface area contributed by atoms with Crippen LogP contribution in [0.3, 0.4) is 0 Å². The van der Waals surface area contributed by atoms with E-state index < -0.39 is 0 Å². The van der Waals surface area contributed by atoms with Gasteiger partial charge in [0, 0.05) is 46.3 Å². The van der Waals surface area contributed by atoms with Crippen LogP contribution in [0.5, 0.6) is 0 Å². The van der Waals surface area contributed by atoms with Crippen LogP contribution < -0.4 is 0 Å². The Morgan fingerprint density at radius 1 is 1.28 bits per heavy atom. The first-order chi connectivity index (χ1) is 8.19. The summed E-state index contributed by atoms with van der Waals surface area (Å²) >= 11 is 0. The van der Waals surface area contributed by atoms with Gasteiger partial charge in [-0.25, -0.2) is 0 Å². The Kier molecular flexibility index (Phi) is 5.17. The Morgan fingerprint density at radius 2 is 1.89 bits per heavy atom. The van der Waals surface area contributed by atoms with Crippen molar-refractivity contribution in [1.82, 2.24) is 14.7 Å². The van der Waals surface area contributed by atoms with Crippen LogP contribution in [0.2, 0.25) is 0 Å². The average Bonchev–Trinajstić information content (AvgIpc) is 2.20. The normalized spacial score (nSPS) is 23.1. The summed E-state index contributed by atoms with van der Waals surface area (Å²) in [5, 5.41) is 0. The maximum Gasteiger partial charge on any atom is 0.236 e. The van der Waals surface area contributed by atoms with Crippen LogP contribution in [0.4, 0.5) is 0 Å². The zero-order chi connectivity index (χ0) is 13.9. The molecule has 1 heterocycles. The fourth-order valence-electron chi connectivity index (χ4n) is 2.39. The number of hydrogen-bond donors (Lipinski definition) is 0. The number of carbonyl (C=O) groups excluding carboxylic acids is 1. The number of nitrogens with zero attached hydrogens (tertiary/aromatic N) is 3. The number of hydrogen-bond acceptors (Lipinski definition) is 3. The van der Waals surface area contributed by atoms with Gasteiger partial charge in [0.05, 0.1) is 6.54 Å². The highest BCUT2D eigenvalue weighted by atomic mass is 16.2. The first kappa shape index (κ1) is 15.4. The lowest BCUT2D eigenvalue weighted by atomic mass is 9.95. The molecule has 1 fully saturated rings. The van der Waals surface area contributed by atoms with E-state index in [1.54, 1.807) is 4.90 Å². The van der Waals surface area contributed by atoms with Crippen LogP contribution in [0.25, 0.3) is 0 Å². The van der Waals surface area contributed by atoms with Crippen molar-refractivity contribution in [2.75, 3.05) is 46.8 Å². The van der Waals surface area contributed by atoms with Crippen molar-refractivity contribution in [3.8, 4) is 0 Å². The van der Waals surface area contributed by atoms with Crippen LogP contribution >= 0.6 is 0 Å². The molecule has 0 aromatic carbocycles. The second-order valence-corrected chi connectivity index (χ2v) is 6.90. The standard InChI is InChI=1S/C14H29N3O/c1-12-9-16(10-13(18)15(5)6)7-8-17(12)11-14(2,3)4/h12H,7-11H2,1-6H3/t12-/m0/s1. The summed E-state index contributed by atoms with van der Waals surface area (Å²) in [6.45, 7) is 13.8. The minimum absolute atomic E-state index is 0.200. The van der Waals surface area contributed by atoms with Crippen molar-refractivity contribution in [3.05, 3.63) is 0 Å². The molecule has 0 bridgehead atoms. The maximum absolute atomic E-state index is 11.7. The number of likely N-dealkylation sites (N-methyl/N-ethyl adjacent to an activating group) is 1. The largest absolute Gasteiger partial charge is 0.348 e. The highest BCUT2D eigenvalue weighted by Crippen LogP contribution is 2.19. The Hall–Kier alpha value is -0.610. The quantitative estimate of drug-likeness (QED) is 0.756. The average molecular weight is 255 g/mol. The van der Waals surface area contributed by atoms with E-state index in [1.807, 2.05) is 14.1 Å². The zero-order valence-corrected chi connectivity index (χ0v) is 12.9. The summed E-state index contributed by atoms with van der Waals surface area (Å²) in [4.78, 5) is 18.2. The third-order valence-corrected chi connectivity index (χ3v) is 3.38. The van der Waals surface area contributed by atoms with E-state index in [4.69, 9.17) is 0 Å². The minimum atomic E-state index is 0.200. The Morgan fingerprint density at radius 3 is 2.33 bits per heavy atom. The lowest BCUT2D eigenvalue weighted by Gasteiger charge is -2.42. The molecule has 1 atom stereocenters. The highest BCUT2D eigenvalue weighted by molar-refractivity contribution is 5.77. The first-order valence-corrected chi connectivity index (χ1v) is 6.85. The van der Waals surface area contributed by atoms with Crippen LogP contribution in [-0.2, 0) is 4.79 Å². The summed E-state index contributed by atoms with van der Waals surface area (Å²) in [5.74, 6) is 0.200. The summed E-state index contributed by atoms with van der Waals surface area (Å²) in [6.07, 6.45) is 0. The molecule has 1 saturated heterocycles. The number of piperazine rings is 1. The molecule has 1 aliphatic heterocycles. The molecule has 106 valence electrons. The van der Waals surface area contributed by atoms with Gasteiger partial charge in [-0.15, -0.1) is 0 Å². The van der Waals surface area contributed by atoms with E-state index in [9.17, 15) is 4.79 Å². The van der Waals surface area contributed by atoms with E-state index >= 15 is 0 Å². The maximum atomic E-state index is 11.7. The fourth-order valence-corrected chi connectivity index (χ4v) is 2.39. The van der Waals surface area contributed by atoms with E-state index in [0.29, 0.717) is 18.0 Å². The molecular formula is C14H29N3O. The van der Waals surface area contributed by atoms with Crippen molar-refractivity contribution < 1.29 is 4.79 Å². The molecule has 4 heteroatoms. The highest BCUT2D eigenvalue weighted by Gasteiger charge is 2.27. The third kappa shape index (κ3) is 4.94. The molecule has 18 heavy (non-hydrogen) atoms. The van der Waals surface area contributed by atoms with Gasteiger partial charge >= 0.3 is 0 Å². The number of rotatable bonds is 3.